The number of hydrogen-bond acceptors (Lipinski definition) is 5. The third-order valence-electron chi connectivity index (χ3n) is 3.18. The van der Waals surface area contributed by atoms with E-state index < -0.39 is 5.97 Å². The Balaban J connectivity index is 2.02. The zero-order valence-corrected chi connectivity index (χ0v) is 12.1. The highest BCUT2D eigenvalue weighted by atomic mass is 16.5. The van der Waals surface area contributed by atoms with Crippen molar-refractivity contribution < 1.29 is 19.2 Å². The molecule has 0 saturated heterocycles. The summed E-state index contributed by atoms with van der Waals surface area (Å²) in [5.74, 6) is 0.107. The van der Waals surface area contributed by atoms with Gasteiger partial charge < -0.3 is 14.4 Å². The van der Waals surface area contributed by atoms with Crippen LogP contribution in [-0.2, 0) is 13.0 Å². The molecule has 0 aliphatic rings. The molecule has 2 aromatic rings. The van der Waals surface area contributed by atoms with Gasteiger partial charge in [0.15, 0.2) is 0 Å². The summed E-state index contributed by atoms with van der Waals surface area (Å²) in [6.45, 7) is 4.28. The minimum Gasteiger partial charge on any atom is -0.478 e. The number of carboxylic acid groups (broad SMARTS) is 1. The normalized spacial score (nSPS) is 10.6. The Bertz CT molecular complexity index is 605. The summed E-state index contributed by atoms with van der Waals surface area (Å²) in [5.41, 5.74) is 1.98. The van der Waals surface area contributed by atoms with Crippen LogP contribution in [0, 0.1) is 6.92 Å². The van der Waals surface area contributed by atoms with Crippen LogP contribution in [0.15, 0.2) is 22.9 Å². The monoisotopic (exact) mass is 290 g/mol. The number of pyridine rings is 1. The van der Waals surface area contributed by atoms with E-state index >= 15 is 0 Å². The first-order valence-corrected chi connectivity index (χ1v) is 6.88. The van der Waals surface area contributed by atoms with Crippen LogP contribution in [-0.4, -0.2) is 21.2 Å². The molecule has 0 fully saturated rings. The summed E-state index contributed by atoms with van der Waals surface area (Å²) in [6, 6.07) is 3.00. The van der Waals surface area contributed by atoms with Gasteiger partial charge in [-0.1, -0.05) is 18.5 Å². The van der Waals surface area contributed by atoms with E-state index in [4.69, 9.17) is 14.4 Å². The smallest absolute Gasteiger partial charge is 0.337 e. The van der Waals surface area contributed by atoms with Crippen molar-refractivity contribution in [1.29, 1.82) is 0 Å². The minimum absolute atomic E-state index is 0.132. The highest BCUT2D eigenvalue weighted by Gasteiger charge is 2.13. The van der Waals surface area contributed by atoms with Gasteiger partial charge in [0.25, 0.3) is 0 Å². The highest BCUT2D eigenvalue weighted by molar-refractivity contribution is 5.87. The number of unbranched alkanes of at least 4 members (excludes halogenated alkanes) is 1. The fourth-order valence-corrected chi connectivity index (χ4v) is 1.90. The summed E-state index contributed by atoms with van der Waals surface area (Å²) in [4.78, 5) is 14.7. The van der Waals surface area contributed by atoms with Gasteiger partial charge in [-0.25, -0.2) is 9.78 Å². The maximum atomic E-state index is 10.7. The summed E-state index contributed by atoms with van der Waals surface area (Å²) < 4.78 is 10.8. The van der Waals surface area contributed by atoms with Gasteiger partial charge in [0.05, 0.1) is 16.8 Å². The fraction of sp³-hybridized carbons (Fsp3) is 0.400. The maximum absolute atomic E-state index is 10.7. The van der Waals surface area contributed by atoms with Crippen molar-refractivity contribution in [1.82, 2.24) is 10.1 Å². The van der Waals surface area contributed by atoms with Crippen molar-refractivity contribution in [2.75, 3.05) is 0 Å². The Morgan fingerprint density at radius 2 is 2.24 bits per heavy atom. The van der Waals surface area contributed by atoms with E-state index in [1.54, 1.807) is 0 Å². The number of aromatic nitrogens is 2. The number of rotatable bonds is 7. The van der Waals surface area contributed by atoms with Crippen molar-refractivity contribution in [2.24, 2.45) is 0 Å². The third-order valence-corrected chi connectivity index (χ3v) is 3.18. The van der Waals surface area contributed by atoms with Gasteiger partial charge >= 0.3 is 5.97 Å². The van der Waals surface area contributed by atoms with Crippen LogP contribution in [0.4, 0.5) is 0 Å². The molecule has 0 aliphatic carbocycles. The zero-order valence-electron chi connectivity index (χ0n) is 12.1. The van der Waals surface area contributed by atoms with E-state index in [-0.39, 0.29) is 5.56 Å². The van der Waals surface area contributed by atoms with Crippen LogP contribution in [0.1, 0.15) is 47.1 Å². The molecule has 0 radical (unpaired) electrons. The third kappa shape index (κ3) is 3.81. The molecule has 6 nitrogen and oxygen atoms in total. The Morgan fingerprint density at radius 3 is 2.86 bits per heavy atom. The van der Waals surface area contributed by atoms with E-state index in [1.807, 2.05) is 6.92 Å². The van der Waals surface area contributed by atoms with Gasteiger partial charge in [0.2, 0.25) is 5.88 Å². The second-order valence-electron chi connectivity index (χ2n) is 4.75. The van der Waals surface area contributed by atoms with Crippen LogP contribution < -0.4 is 4.74 Å². The second kappa shape index (κ2) is 6.88. The maximum Gasteiger partial charge on any atom is 0.337 e. The molecule has 6 heteroatoms. The Kier molecular flexibility index (Phi) is 4.92. The standard InChI is InChI=1S/C15H18N2O4/c1-3-4-5-13-12(10(2)21-17-13)9-20-14-7-6-11(8-16-14)15(18)19/h6-8H,3-5,9H2,1-2H3,(H,18,19). The van der Waals surface area contributed by atoms with E-state index in [1.165, 1.54) is 18.3 Å². The number of aromatic carboxylic acids is 1. The average Bonchev–Trinajstić information content (AvgIpc) is 2.83. The van der Waals surface area contributed by atoms with Crippen LogP contribution >= 0.6 is 0 Å². The van der Waals surface area contributed by atoms with Crippen molar-refractivity contribution in [2.45, 2.75) is 39.7 Å². The molecule has 112 valence electrons. The van der Waals surface area contributed by atoms with Gasteiger partial charge in [-0.3, -0.25) is 0 Å². The minimum atomic E-state index is -1.01. The molecule has 0 spiro atoms. The molecular formula is C15H18N2O4. The molecule has 2 heterocycles. The predicted octanol–water partition coefficient (Wildman–Crippen LogP) is 3.00. The first kappa shape index (κ1) is 15.0. The van der Waals surface area contributed by atoms with Crippen molar-refractivity contribution in [3.05, 3.63) is 40.9 Å². The summed E-state index contributed by atoms with van der Waals surface area (Å²) >= 11 is 0. The molecule has 0 unspecified atom stereocenters. The van der Waals surface area contributed by atoms with Crippen molar-refractivity contribution in [3.8, 4) is 5.88 Å². The van der Waals surface area contributed by atoms with E-state index in [9.17, 15) is 4.79 Å². The van der Waals surface area contributed by atoms with Gasteiger partial charge in [-0.05, 0) is 25.8 Å². The van der Waals surface area contributed by atoms with Crippen LogP contribution in [0.25, 0.3) is 0 Å². The van der Waals surface area contributed by atoms with Gasteiger partial charge in [-0.15, -0.1) is 0 Å². The van der Waals surface area contributed by atoms with Gasteiger partial charge in [0.1, 0.15) is 12.4 Å². The number of carbonyl (C=O) groups is 1. The molecule has 0 aliphatic heterocycles. The molecular weight excluding hydrogens is 272 g/mol. The molecule has 1 N–H and O–H groups in total. The average molecular weight is 290 g/mol. The lowest BCUT2D eigenvalue weighted by molar-refractivity contribution is 0.0696. The molecule has 21 heavy (non-hydrogen) atoms. The van der Waals surface area contributed by atoms with Crippen LogP contribution in [0.5, 0.6) is 5.88 Å². The van der Waals surface area contributed by atoms with Crippen molar-refractivity contribution >= 4 is 5.97 Å². The summed E-state index contributed by atoms with van der Waals surface area (Å²) in [5, 5.41) is 12.9. The van der Waals surface area contributed by atoms with E-state index in [2.05, 4.69) is 17.1 Å². The Morgan fingerprint density at radius 1 is 1.43 bits per heavy atom. The molecule has 0 bridgehead atoms. The Labute approximate surface area is 122 Å². The van der Waals surface area contributed by atoms with Gasteiger partial charge in [0, 0.05) is 12.3 Å². The van der Waals surface area contributed by atoms with Gasteiger partial charge in [-0.2, -0.15) is 0 Å². The lowest BCUT2D eigenvalue weighted by Gasteiger charge is -2.06. The molecule has 2 rings (SSSR count). The highest BCUT2D eigenvalue weighted by Crippen LogP contribution is 2.18. The number of hydrogen-bond donors (Lipinski definition) is 1. The lowest BCUT2D eigenvalue weighted by atomic mass is 10.1. The largest absolute Gasteiger partial charge is 0.478 e. The molecule has 0 atom stereocenters. The summed E-state index contributed by atoms with van der Waals surface area (Å²) in [7, 11) is 0. The Hall–Kier alpha value is -2.37. The molecule has 0 aromatic carbocycles. The van der Waals surface area contributed by atoms with Crippen LogP contribution in [0.2, 0.25) is 0 Å². The SMILES string of the molecule is CCCCc1noc(C)c1COc1ccc(C(=O)O)cn1. The predicted molar refractivity (Wildman–Crippen MR) is 75.4 cm³/mol. The topological polar surface area (TPSA) is 85.5 Å². The van der Waals surface area contributed by atoms with Crippen molar-refractivity contribution in [3.63, 3.8) is 0 Å². The van der Waals surface area contributed by atoms with Crippen LogP contribution in [0.3, 0.4) is 0 Å². The number of carboxylic acids is 1. The second-order valence-corrected chi connectivity index (χ2v) is 4.75. The quantitative estimate of drug-likeness (QED) is 0.843. The number of aryl methyl sites for hydroxylation is 2. The zero-order chi connectivity index (χ0) is 15.2. The number of nitrogens with zero attached hydrogens (tertiary/aromatic N) is 2. The molecule has 0 saturated carbocycles. The number of ether oxygens (including phenoxy) is 1. The fourth-order valence-electron chi connectivity index (χ4n) is 1.90. The molecule has 0 amide bonds. The summed E-state index contributed by atoms with van der Waals surface area (Å²) in [6.07, 6.45) is 4.27. The first-order valence-electron chi connectivity index (χ1n) is 6.88. The lowest BCUT2D eigenvalue weighted by Crippen LogP contribution is -2.03. The van der Waals surface area contributed by atoms with E-state index in [0.717, 1.165) is 36.3 Å². The molecule has 2 aromatic heterocycles. The van der Waals surface area contributed by atoms with E-state index in [0.29, 0.717) is 12.5 Å². The first-order chi connectivity index (χ1) is 10.1.